The van der Waals surface area contributed by atoms with Crippen LogP contribution in [0.2, 0.25) is 0 Å². The summed E-state index contributed by atoms with van der Waals surface area (Å²) in [5, 5.41) is 2.67. The zero-order chi connectivity index (χ0) is 13.1. The Balaban J connectivity index is 2.21. The molecule has 0 radical (unpaired) electrons. The molecule has 2 rings (SSSR count). The van der Waals surface area contributed by atoms with Crippen molar-refractivity contribution in [3.8, 4) is 0 Å². The standard InChI is InChI=1S/C14H13FN2O/c1-9-3-6-12(15)7-13(9)17-14(18)11-5-4-10(2)16-8-11/h3-8H,1-2H3,(H,17,18). The summed E-state index contributed by atoms with van der Waals surface area (Å²) in [6.07, 6.45) is 1.50. The highest BCUT2D eigenvalue weighted by Gasteiger charge is 2.08. The smallest absolute Gasteiger partial charge is 0.257 e. The van der Waals surface area contributed by atoms with E-state index in [-0.39, 0.29) is 11.7 Å². The maximum absolute atomic E-state index is 13.1. The van der Waals surface area contributed by atoms with E-state index in [9.17, 15) is 9.18 Å². The SMILES string of the molecule is Cc1ccc(C(=O)Nc2cc(F)ccc2C)cn1. The lowest BCUT2D eigenvalue weighted by Crippen LogP contribution is -2.13. The van der Waals surface area contributed by atoms with Gasteiger partial charge in [-0.3, -0.25) is 9.78 Å². The molecule has 1 heterocycles. The molecule has 1 N–H and O–H groups in total. The lowest BCUT2D eigenvalue weighted by molar-refractivity contribution is 0.102. The van der Waals surface area contributed by atoms with Crippen LogP contribution >= 0.6 is 0 Å². The summed E-state index contributed by atoms with van der Waals surface area (Å²) < 4.78 is 13.1. The Kier molecular flexibility index (Phi) is 3.37. The molecule has 1 aromatic carbocycles. The highest BCUT2D eigenvalue weighted by Crippen LogP contribution is 2.16. The average Bonchev–Trinajstić information content (AvgIpc) is 2.34. The van der Waals surface area contributed by atoms with Crippen LogP contribution in [0.4, 0.5) is 10.1 Å². The molecule has 2 aromatic rings. The number of hydrogen-bond donors (Lipinski definition) is 1. The summed E-state index contributed by atoms with van der Waals surface area (Å²) in [5.41, 5.74) is 2.57. The lowest BCUT2D eigenvalue weighted by atomic mass is 10.2. The predicted octanol–water partition coefficient (Wildman–Crippen LogP) is 3.09. The lowest BCUT2D eigenvalue weighted by Gasteiger charge is -2.08. The number of halogens is 1. The molecule has 0 unspecified atom stereocenters. The molecule has 0 bridgehead atoms. The van der Waals surface area contributed by atoms with Gasteiger partial charge < -0.3 is 5.32 Å². The molecule has 0 aliphatic rings. The van der Waals surface area contributed by atoms with Crippen molar-refractivity contribution in [3.63, 3.8) is 0 Å². The van der Waals surface area contributed by atoms with E-state index in [1.54, 1.807) is 18.2 Å². The average molecular weight is 244 g/mol. The maximum atomic E-state index is 13.1. The number of carbonyl (C=O) groups is 1. The second kappa shape index (κ2) is 4.96. The Morgan fingerprint density at radius 2 is 2.00 bits per heavy atom. The van der Waals surface area contributed by atoms with E-state index in [0.29, 0.717) is 11.3 Å². The minimum absolute atomic E-state index is 0.295. The number of anilines is 1. The fraction of sp³-hybridized carbons (Fsp3) is 0.143. The normalized spacial score (nSPS) is 10.2. The number of pyridine rings is 1. The van der Waals surface area contributed by atoms with Gasteiger partial charge in [-0.25, -0.2) is 4.39 Å². The third-order valence-electron chi connectivity index (χ3n) is 2.62. The molecule has 0 fully saturated rings. The third-order valence-corrected chi connectivity index (χ3v) is 2.62. The van der Waals surface area contributed by atoms with E-state index in [1.807, 2.05) is 13.8 Å². The number of nitrogens with one attached hydrogen (secondary N) is 1. The first-order chi connectivity index (χ1) is 8.56. The summed E-state index contributed by atoms with van der Waals surface area (Å²) in [6, 6.07) is 7.73. The van der Waals surface area contributed by atoms with Crippen molar-refractivity contribution in [1.82, 2.24) is 4.98 Å². The van der Waals surface area contributed by atoms with Crippen LogP contribution in [0.5, 0.6) is 0 Å². The van der Waals surface area contributed by atoms with Crippen molar-refractivity contribution < 1.29 is 9.18 Å². The zero-order valence-electron chi connectivity index (χ0n) is 10.2. The van der Waals surface area contributed by atoms with Crippen LogP contribution in [0.15, 0.2) is 36.5 Å². The fourth-order valence-electron chi connectivity index (χ4n) is 1.53. The van der Waals surface area contributed by atoms with Crippen LogP contribution < -0.4 is 5.32 Å². The monoisotopic (exact) mass is 244 g/mol. The number of aryl methyl sites for hydroxylation is 2. The third kappa shape index (κ3) is 2.71. The molecule has 1 aromatic heterocycles. The van der Waals surface area contributed by atoms with Crippen molar-refractivity contribution >= 4 is 11.6 Å². The van der Waals surface area contributed by atoms with Crippen LogP contribution in [0.1, 0.15) is 21.6 Å². The van der Waals surface area contributed by atoms with Gasteiger partial charge in [0.15, 0.2) is 0 Å². The van der Waals surface area contributed by atoms with E-state index in [4.69, 9.17) is 0 Å². The molecule has 92 valence electrons. The fourth-order valence-corrected chi connectivity index (χ4v) is 1.53. The largest absolute Gasteiger partial charge is 0.322 e. The molecule has 4 heteroatoms. The van der Waals surface area contributed by atoms with Gasteiger partial charge in [-0.1, -0.05) is 6.07 Å². The zero-order valence-corrected chi connectivity index (χ0v) is 10.2. The number of nitrogens with zero attached hydrogens (tertiary/aromatic N) is 1. The number of aromatic nitrogens is 1. The van der Waals surface area contributed by atoms with Gasteiger partial charge in [-0.2, -0.15) is 0 Å². The van der Waals surface area contributed by atoms with Crippen molar-refractivity contribution in [2.24, 2.45) is 0 Å². The molecular formula is C14H13FN2O. The summed E-state index contributed by atoms with van der Waals surface area (Å²) in [4.78, 5) is 16.0. The Morgan fingerprint density at radius 3 is 2.67 bits per heavy atom. The first-order valence-electron chi connectivity index (χ1n) is 5.56. The van der Waals surface area contributed by atoms with Crippen molar-refractivity contribution in [3.05, 3.63) is 59.2 Å². The number of amides is 1. The van der Waals surface area contributed by atoms with E-state index >= 15 is 0 Å². The van der Waals surface area contributed by atoms with E-state index in [1.165, 1.54) is 18.3 Å². The summed E-state index contributed by atoms with van der Waals surface area (Å²) in [7, 11) is 0. The first kappa shape index (κ1) is 12.2. The van der Waals surface area contributed by atoms with Gasteiger partial charge in [0, 0.05) is 17.6 Å². The van der Waals surface area contributed by atoms with Crippen molar-refractivity contribution in [2.75, 3.05) is 5.32 Å². The first-order valence-corrected chi connectivity index (χ1v) is 5.56. The summed E-state index contributed by atoms with van der Waals surface area (Å²) in [6.45, 7) is 3.65. The van der Waals surface area contributed by atoms with Gasteiger partial charge in [0.1, 0.15) is 5.82 Å². The highest BCUT2D eigenvalue weighted by molar-refractivity contribution is 6.04. The molecule has 0 aliphatic carbocycles. The van der Waals surface area contributed by atoms with Gasteiger partial charge in [-0.15, -0.1) is 0 Å². The molecule has 0 aliphatic heterocycles. The molecule has 3 nitrogen and oxygen atoms in total. The van der Waals surface area contributed by atoms with Crippen molar-refractivity contribution in [2.45, 2.75) is 13.8 Å². The molecule has 18 heavy (non-hydrogen) atoms. The van der Waals surface area contributed by atoms with E-state index < -0.39 is 0 Å². The number of rotatable bonds is 2. The van der Waals surface area contributed by atoms with Gasteiger partial charge in [0.25, 0.3) is 5.91 Å². The summed E-state index contributed by atoms with van der Waals surface area (Å²) in [5.74, 6) is -0.672. The molecule has 0 atom stereocenters. The van der Waals surface area contributed by atoms with Crippen LogP contribution in [-0.2, 0) is 0 Å². The van der Waals surface area contributed by atoms with Crippen LogP contribution in [0.3, 0.4) is 0 Å². The molecule has 0 saturated carbocycles. The van der Waals surface area contributed by atoms with E-state index in [0.717, 1.165) is 11.3 Å². The highest BCUT2D eigenvalue weighted by atomic mass is 19.1. The molecular weight excluding hydrogens is 231 g/mol. The maximum Gasteiger partial charge on any atom is 0.257 e. The molecule has 0 spiro atoms. The van der Waals surface area contributed by atoms with Crippen LogP contribution in [-0.4, -0.2) is 10.9 Å². The van der Waals surface area contributed by atoms with E-state index in [2.05, 4.69) is 10.3 Å². The van der Waals surface area contributed by atoms with Gasteiger partial charge in [0.2, 0.25) is 0 Å². The minimum atomic E-state index is -0.377. The number of hydrogen-bond acceptors (Lipinski definition) is 2. The summed E-state index contributed by atoms with van der Waals surface area (Å²) >= 11 is 0. The quantitative estimate of drug-likeness (QED) is 0.882. The predicted molar refractivity (Wildman–Crippen MR) is 68.1 cm³/mol. The number of carbonyl (C=O) groups excluding carboxylic acids is 1. The van der Waals surface area contributed by atoms with Gasteiger partial charge in [-0.05, 0) is 43.7 Å². The molecule has 0 saturated heterocycles. The number of benzene rings is 1. The van der Waals surface area contributed by atoms with Crippen LogP contribution in [0, 0.1) is 19.7 Å². The Bertz CT molecular complexity index is 579. The van der Waals surface area contributed by atoms with Gasteiger partial charge >= 0.3 is 0 Å². The van der Waals surface area contributed by atoms with Gasteiger partial charge in [0.05, 0.1) is 5.56 Å². The molecule has 1 amide bonds. The topological polar surface area (TPSA) is 42.0 Å². The second-order valence-corrected chi connectivity index (χ2v) is 4.10. The Morgan fingerprint density at radius 1 is 1.22 bits per heavy atom. The van der Waals surface area contributed by atoms with Crippen LogP contribution in [0.25, 0.3) is 0 Å². The Hall–Kier alpha value is -2.23. The minimum Gasteiger partial charge on any atom is -0.322 e. The Labute approximate surface area is 105 Å². The second-order valence-electron chi connectivity index (χ2n) is 4.10. The van der Waals surface area contributed by atoms with Crippen molar-refractivity contribution in [1.29, 1.82) is 0 Å².